The van der Waals surface area contributed by atoms with E-state index in [-0.39, 0.29) is 11.9 Å². The van der Waals surface area contributed by atoms with Crippen molar-refractivity contribution in [1.29, 1.82) is 0 Å². The molecule has 5 rings (SSSR count). The first-order valence-electron chi connectivity index (χ1n) is 10.3. The van der Waals surface area contributed by atoms with Crippen molar-refractivity contribution in [2.24, 2.45) is 7.05 Å². The molecule has 1 saturated carbocycles. The maximum Gasteiger partial charge on any atom is 0.259 e. The van der Waals surface area contributed by atoms with E-state index in [9.17, 15) is 4.79 Å². The quantitative estimate of drug-likeness (QED) is 0.494. The summed E-state index contributed by atoms with van der Waals surface area (Å²) in [5, 5.41) is 12.2. The molecule has 3 heterocycles. The molecule has 1 atom stereocenters. The largest absolute Gasteiger partial charge is 0.382 e. The van der Waals surface area contributed by atoms with E-state index in [2.05, 4.69) is 20.6 Å². The molecule has 1 aliphatic carbocycles. The van der Waals surface area contributed by atoms with Gasteiger partial charge in [0.15, 0.2) is 0 Å². The number of ether oxygens (including phenoxy) is 1. The molecule has 0 spiro atoms. The number of nitrogens with one attached hydrogen (secondary N) is 1. The molecule has 0 bridgehead atoms. The van der Waals surface area contributed by atoms with E-state index in [1.165, 1.54) is 0 Å². The molecule has 1 aromatic carbocycles. The number of benzene rings is 1. The lowest BCUT2D eigenvalue weighted by molar-refractivity contribution is 0.0898. The van der Waals surface area contributed by atoms with Crippen molar-refractivity contribution >= 4 is 17.0 Å². The van der Waals surface area contributed by atoms with Crippen LogP contribution in [0, 0.1) is 0 Å². The third-order valence-electron chi connectivity index (χ3n) is 5.52. The summed E-state index contributed by atoms with van der Waals surface area (Å²) in [4.78, 5) is 18.2. The number of pyridine rings is 1. The van der Waals surface area contributed by atoms with Gasteiger partial charge < -0.3 is 14.6 Å². The van der Waals surface area contributed by atoms with Crippen molar-refractivity contribution in [1.82, 2.24) is 25.2 Å². The van der Waals surface area contributed by atoms with Gasteiger partial charge in [-0.05, 0) is 18.9 Å². The molecule has 3 aromatic heterocycles. The fraction of sp³-hybridized carbons (Fsp3) is 0.304. The second-order valence-corrected chi connectivity index (χ2v) is 7.88. The Hall–Kier alpha value is -3.52. The van der Waals surface area contributed by atoms with Gasteiger partial charge in [0.25, 0.3) is 11.6 Å². The van der Waals surface area contributed by atoms with Gasteiger partial charge in [-0.15, -0.1) is 0 Å². The van der Waals surface area contributed by atoms with Crippen molar-refractivity contribution in [2.75, 3.05) is 13.7 Å². The average Bonchev–Trinajstić information content (AvgIpc) is 3.41. The summed E-state index contributed by atoms with van der Waals surface area (Å²) in [6.45, 7) is 0.330. The van der Waals surface area contributed by atoms with Gasteiger partial charge in [-0.3, -0.25) is 9.48 Å². The fourth-order valence-corrected chi connectivity index (χ4v) is 3.77. The number of aromatic nitrogens is 4. The van der Waals surface area contributed by atoms with Crippen molar-refractivity contribution in [3.8, 4) is 11.3 Å². The number of carbonyl (C=O) groups excluding carboxylic acids is 1. The predicted molar refractivity (Wildman–Crippen MR) is 115 cm³/mol. The summed E-state index contributed by atoms with van der Waals surface area (Å²) in [6.07, 6.45) is 5.75. The lowest BCUT2D eigenvalue weighted by Crippen LogP contribution is -2.31. The third-order valence-corrected chi connectivity index (χ3v) is 5.52. The minimum atomic E-state index is -0.334. The summed E-state index contributed by atoms with van der Waals surface area (Å²) in [7, 11) is 3.45. The summed E-state index contributed by atoms with van der Waals surface area (Å²) < 4.78 is 12.6. The van der Waals surface area contributed by atoms with Gasteiger partial charge in [0.1, 0.15) is 5.69 Å². The molecular formula is C23H23N5O3. The van der Waals surface area contributed by atoms with Crippen LogP contribution in [0.2, 0.25) is 0 Å². The van der Waals surface area contributed by atoms with Gasteiger partial charge in [-0.1, -0.05) is 35.5 Å². The Morgan fingerprint density at radius 1 is 1.32 bits per heavy atom. The number of carbonyl (C=O) groups is 1. The molecular weight excluding hydrogens is 394 g/mol. The zero-order valence-electron chi connectivity index (χ0n) is 17.4. The Labute approximate surface area is 179 Å². The SMILES string of the molecule is COCC(NC(=O)c1cc(C2CC2)nc2onc(-c3ccccc3)c12)c1cnn(C)c1. The van der Waals surface area contributed by atoms with Crippen LogP contribution in [0.5, 0.6) is 0 Å². The fourth-order valence-electron chi connectivity index (χ4n) is 3.77. The Balaban J connectivity index is 1.58. The van der Waals surface area contributed by atoms with Crippen LogP contribution in [-0.2, 0) is 11.8 Å². The maximum atomic E-state index is 13.5. The summed E-state index contributed by atoms with van der Waals surface area (Å²) in [5.41, 5.74) is 4.13. The number of hydrogen-bond donors (Lipinski definition) is 1. The van der Waals surface area contributed by atoms with E-state index in [0.29, 0.717) is 34.9 Å². The molecule has 1 aliphatic rings. The molecule has 1 unspecified atom stereocenters. The predicted octanol–water partition coefficient (Wildman–Crippen LogP) is 3.62. The van der Waals surface area contributed by atoms with Crippen molar-refractivity contribution in [3.63, 3.8) is 0 Å². The first-order chi connectivity index (χ1) is 15.1. The molecule has 31 heavy (non-hydrogen) atoms. The van der Waals surface area contributed by atoms with Crippen LogP contribution in [0.1, 0.15) is 46.4 Å². The number of amides is 1. The van der Waals surface area contributed by atoms with Gasteiger partial charge in [-0.2, -0.15) is 5.10 Å². The second-order valence-electron chi connectivity index (χ2n) is 7.88. The monoisotopic (exact) mass is 417 g/mol. The molecule has 0 aliphatic heterocycles. The highest BCUT2D eigenvalue weighted by atomic mass is 16.5. The zero-order valence-corrected chi connectivity index (χ0v) is 17.4. The van der Waals surface area contributed by atoms with Crippen LogP contribution in [0.15, 0.2) is 53.3 Å². The Kier molecular flexibility index (Phi) is 4.99. The van der Waals surface area contributed by atoms with Crippen molar-refractivity contribution < 1.29 is 14.1 Å². The van der Waals surface area contributed by atoms with Gasteiger partial charge in [0.2, 0.25) is 0 Å². The molecule has 0 radical (unpaired) electrons. The molecule has 1 fully saturated rings. The second kappa shape index (κ2) is 7.96. The minimum absolute atomic E-state index is 0.222. The normalized spacial score (nSPS) is 14.6. The number of nitrogens with zero attached hydrogens (tertiary/aromatic N) is 4. The highest BCUT2D eigenvalue weighted by Gasteiger charge is 2.30. The number of hydrogen-bond acceptors (Lipinski definition) is 6. The van der Waals surface area contributed by atoms with E-state index >= 15 is 0 Å². The summed E-state index contributed by atoms with van der Waals surface area (Å²) in [5.74, 6) is 0.148. The summed E-state index contributed by atoms with van der Waals surface area (Å²) in [6, 6.07) is 11.2. The smallest absolute Gasteiger partial charge is 0.259 e. The Morgan fingerprint density at radius 3 is 2.81 bits per heavy atom. The van der Waals surface area contributed by atoms with Crippen LogP contribution in [0.25, 0.3) is 22.4 Å². The topological polar surface area (TPSA) is 95.1 Å². The average molecular weight is 417 g/mol. The van der Waals surface area contributed by atoms with Crippen LogP contribution in [0.3, 0.4) is 0 Å². The molecule has 1 amide bonds. The van der Waals surface area contributed by atoms with Gasteiger partial charge in [-0.25, -0.2) is 4.98 Å². The first-order valence-corrected chi connectivity index (χ1v) is 10.3. The Bertz CT molecular complexity index is 1230. The van der Waals surface area contributed by atoms with E-state index in [0.717, 1.165) is 29.7 Å². The number of methoxy groups -OCH3 is 1. The van der Waals surface area contributed by atoms with Crippen LogP contribution >= 0.6 is 0 Å². The Morgan fingerprint density at radius 2 is 2.13 bits per heavy atom. The molecule has 8 nitrogen and oxygen atoms in total. The maximum absolute atomic E-state index is 13.5. The molecule has 0 saturated heterocycles. The van der Waals surface area contributed by atoms with E-state index in [4.69, 9.17) is 9.26 Å². The first kappa shape index (κ1) is 19.4. The van der Waals surface area contributed by atoms with Crippen molar-refractivity contribution in [2.45, 2.75) is 24.8 Å². The highest BCUT2D eigenvalue weighted by Crippen LogP contribution is 2.41. The van der Waals surface area contributed by atoms with E-state index in [1.807, 2.05) is 49.6 Å². The number of aryl methyl sites for hydroxylation is 1. The third kappa shape index (κ3) is 3.82. The van der Waals surface area contributed by atoms with Gasteiger partial charge in [0.05, 0.1) is 29.8 Å². The van der Waals surface area contributed by atoms with E-state index in [1.54, 1.807) is 18.0 Å². The zero-order chi connectivity index (χ0) is 21.4. The van der Waals surface area contributed by atoms with Crippen LogP contribution < -0.4 is 5.32 Å². The van der Waals surface area contributed by atoms with Crippen LogP contribution in [-0.4, -0.2) is 39.5 Å². The minimum Gasteiger partial charge on any atom is -0.382 e. The molecule has 1 N–H and O–H groups in total. The molecule has 158 valence electrons. The standard InChI is InChI=1S/C23H23N5O3/c1-28-12-16(11-24-28)19(13-30-2)25-22(29)17-10-18(14-8-9-14)26-23-20(17)21(27-31-23)15-6-4-3-5-7-15/h3-7,10-12,14,19H,8-9,13H2,1-2H3,(H,25,29). The van der Waals surface area contributed by atoms with Gasteiger partial charge in [0, 0.05) is 43.1 Å². The van der Waals surface area contributed by atoms with E-state index < -0.39 is 0 Å². The molecule has 8 heteroatoms. The summed E-state index contributed by atoms with van der Waals surface area (Å²) >= 11 is 0. The highest BCUT2D eigenvalue weighted by molar-refractivity contribution is 6.09. The number of fused-ring (bicyclic) bond motifs is 1. The van der Waals surface area contributed by atoms with Crippen LogP contribution in [0.4, 0.5) is 0 Å². The molecule has 4 aromatic rings. The van der Waals surface area contributed by atoms with Crippen molar-refractivity contribution in [3.05, 3.63) is 65.6 Å². The lowest BCUT2D eigenvalue weighted by atomic mass is 10.0. The number of rotatable bonds is 7. The lowest BCUT2D eigenvalue weighted by Gasteiger charge is -2.17. The van der Waals surface area contributed by atoms with Gasteiger partial charge >= 0.3 is 0 Å².